The molecule has 0 bridgehead atoms. The average molecular weight is 449 g/mol. The van der Waals surface area contributed by atoms with Crippen LogP contribution in [-0.4, -0.2) is 64.8 Å². The molecule has 1 fully saturated rings. The second kappa shape index (κ2) is 11.5. The first kappa shape index (κ1) is 25.2. The van der Waals surface area contributed by atoms with Gasteiger partial charge in [-0.25, -0.2) is 9.59 Å². The minimum atomic E-state index is -1.10. The van der Waals surface area contributed by atoms with Crippen molar-refractivity contribution in [1.29, 1.82) is 0 Å². The van der Waals surface area contributed by atoms with Crippen molar-refractivity contribution in [2.75, 3.05) is 13.1 Å². The van der Waals surface area contributed by atoms with Crippen molar-refractivity contribution in [3.8, 4) is 0 Å². The van der Waals surface area contributed by atoms with E-state index in [0.717, 1.165) is 5.56 Å². The Labute approximate surface area is 188 Å². The molecule has 0 saturated carbocycles. The maximum atomic E-state index is 12.5. The third-order valence-electron chi connectivity index (χ3n) is 4.86. The summed E-state index contributed by atoms with van der Waals surface area (Å²) < 4.78 is 10.6. The van der Waals surface area contributed by atoms with Crippen LogP contribution < -0.4 is 5.32 Å². The standard InChI is InChI=1S/C23H32N2O7/c1-23(2,3)32-20(27)10-9-19(26)31-17-11-13-25(14-12-17)22(30)24-18(21(28)29)15-16-7-5-4-6-8-16/h4-8,17-18H,9-15H2,1-3H3,(H,24,30)(H,28,29)/t18-/m0/s1. The first-order valence-corrected chi connectivity index (χ1v) is 10.8. The number of carboxylic acid groups (broad SMARTS) is 1. The van der Waals surface area contributed by atoms with Gasteiger partial charge in [-0.1, -0.05) is 30.3 Å². The molecule has 1 aromatic rings. The van der Waals surface area contributed by atoms with Gasteiger partial charge >= 0.3 is 23.9 Å². The number of carbonyl (C=O) groups excluding carboxylic acids is 3. The largest absolute Gasteiger partial charge is 0.480 e. The molecule has 1 aromatic carbocycles. The molecule has 32 heavy (non-hydrogen) atoms. The first-order valence-electron chi connectivity index (χ1n) is 10.8. The molecule has 1 aliphatic heterocycles. The lowest BCUT2D eigenvalue weighted by molar-refractivity contribution is -0.160. The van der Waals surface area contributed by atoms with Gasteiger partial charge in [-0.15, -0.1) is 0 Å². The molecule has 0 aliphatic carbocycles. The Morgan fingerprint density at radius 1 is 1.06 bits per heavy atom. The van der Waals surface area contributed by atoms with E-state index in [1.807, 2.05) is 30.3 Å². The Kier molecular flexibility index (Phi) is 9.04. The van der Waals surface area contributed by atoms with Gasteiger partial charge in [0.15, 0.2) is 0 Å². The lowest BCUT2D eigenvalue weighted by Crippen LogP contribution is -2.51. The number of likely N-dealkylation sites (tertiary alicyclic amines) is 1. The highest BCUT2D eigenvalue weighted by atomic mass is 16.6. The second-order valence-electron chi connectivity index (χ2n) is 8.79. The normalized spacial score (nSPS) is 15.5. The van der Waals surface area contributed by atoms with E-state index >= 15 is 0 Å². The van der Waals surface area contributed by atoms with Gasteiger partial charge in [0, 0.05) is 32.4 Å². The number of aliphatic carboxylic acids is 1. The van der Waals surface area contributed by atoms with Crippen LogP contribution in [-0.2, 0) is 30.3 Å². The highest BCUT2D eigenvalue weighted by Crippen LogP contribution is 2.16. The van der Waals surface area contributed by atoms with Crippen LogP contribution in [0.3, 0.4) is 0 Å². The zero-order chi connectivity index (χ0) is 23.7. The summed E-state index contributed by atoms with van der Waals surface area (Å²) in [5.74, 6) is -2.03. The van der Waals surface area contributed by atoms with Gasteiger partial charge in [-0.05, 0) is 26.3 Å². The van der Waals surface area contributed by atoms with E-state index in [1.54, 1.807) is 20.8 Å². The molecule has 1 aliphatic rings. The number of ether oxygens (including phenoxy) is 2. The summed E-state index contributed by atoms with van der Waals surface area (Å²) in [6, 6.07) is 7.60. The number of urea groups is 1. The van der Waals surface area contributed by atoms with E-state index in [0.29, 0.717) is 25.9 Å². The van der Waals surface area contributed by atoms with Crippen molar-refractivity contribution in [2.45, 2.75) is 70.6 Å². The number of hydrogen-bond donors (Lipinski definition) is 2. The SMILES string of the molecule is CC(C)(C)OC(=O)CCC(=O)OC1CCN(C(=O)N[C@@H](Cc2ccccc2)C(=O)O)CC1. The number of benzene rings is 1. The van der Waals surface area contributed by atoms with Crippen molar-refractivity contribution in [3.05, 3.63) is 35.9 Å². The summed E-state index contributed by atoms with van der Waals surface area (Å²) in [4.78, 5) is 49.3. The Hall–Kier alpha value is -3.10. The number of esters is 2. The molecule has 2 N–H and O–H groups in total. The maximum absolute atomic E-state index is 12.5. The molecule has 176 valence electrons. The molecule has 0 radical (unpaired) electrons. The first-order chi connectivity index (χ1) is 15.0. The van der Waals surface area contributed by atoms with Crippen molar-refractivity contribution in [3.63, 3.8) is 0 Å². The Bertz CT molecular complexity index is 796. The molecule has 0 spiro atoms. The lowest BCUT2D eigenvalue weighted by atomic mass is 10.1. The van der Waals surface area contributed by atoms with Crippen LogP contribution in [0.5, 0.6) is 0 Å². The molecule has 0 unspecified atom stereocenters. The second-order valence-corrected chi connectivity index (χ2v) is 8.79. The zero-order valence-corrected chi connectivity index (χ0v) is 18.8. The molecular formula is C23H32N2O7. The van der Waals surface area contributed by atoms with Crippen molar-refractivity contribution >= 4 is 23.9 Å². The summed E-state index contributed by atoms with van der Waals surface area (Å²) in [6.45, 7) is 5.95. The fourth-order valence-electron chi connectivity index (χ4n) is 3.31. The Balaban J connectivity index is 1.74. The summed E-state index contributed by atoms with van der Waals surface area (Å²) >= 11 is 0. The van der Waals surface area contributed by atoms with Crippen LogP contribution in [0.25, 0.3) is 0 Å². The van der Waals surface area contributed by atoms with Crippen molar-refractivity contribution < 1.29 is 33.8 Å². The van der Waals surface area contributed by atoms with E-state index in [4.69, 9.17) is 9.47 Å². The molecule has 1 atom stereocenters. The van der Waals surface area contributed by atoms with Gasteiger partial charge in [-0.2, -0.15) is 0 Å². The van der Waals surface area contributed by atoms with Crippen LogP contribution in [0.1, 0.15) is 52.0 Å². The van der Waals surface area contributed by atoms with E-state index in [9.17, 15) is 24.3 Å². The summed E-state index contributed by atoms with van der Waals surface area (Å²) in [7, 11) is 0. The summed E-state index contributed by atoms with van der Waals surface area (Å²) in [5, 5.41) is 12.0. The van der Waals surface area contributed by atoms with Crippen LogP contribution in [0.2, 0.25) is 0 Å². The predicted molar refractivity (Wildman–Crippen MR) is 116 cm³/mol. The van der Waals surface area contributed by atoms with Crippen LogP contribution in [0, 0.1) is 0 Å². The number of piperidine rings is 1. The maximum Gasteiger partial charge on any atom is 0.326 e. The van der Waals surface area contributed by atoms with Gasteiger partial charge in [0.05, 0.1) is 12.8 Å². The van der Waals surface area contributed by atoms with Crippen molar-refractivity contribution in [1.82, 2.24) is 10.2 Å². The molecule has 2 rings (SSSR count). The number of amides is 2. The molecule has 1 heterocycles. The van der Waals surface area contributed by atoms with Gasteiger partial charge < -0.3 is 24.8 Å². The molecule has 9 heteroatoms. The van der Waals surface area contributed by atoms with Gasteiger partial charge in [-0.3, -0.25) is 9.59 Å². The number of hydrogen-bond acceptors (Lipinski definition) is 6. The number of nitrogens with one attached hydrogen (secondary N) is 1. The lowest BCUT2D eigenvalue weighted by Gasteiger charge is -2.32. The zero-order valence-electron chi connectivity index (χ0n) is 18.8. The van der Waals surface area contributed by atoms with E-state index in [2.05, 4.69) is 5.32 Å². The summed E-state index contributed by atoms with van der Waals surface area (Å²) in [6.07, 6.45) is 0.632. The molecule has 2 amide bonds. The van der Waals surface area contributed by atoms with Crippen LogP contribution in [0.4, 0.5) is 4.79 Å². The smallest absolute Gasteiger partial charge is 0.326 e. The quantitative estimate of drug-likeness (QED) is 0.586. The van der Waals surface area contributed by atoms with E-state index in [-0.39, 0.29) is 25.4 Å². The van der Waals surface area contributed by atoms with E-state index < -0.39 is 35.6 Å². The number of carboxylic acids is 1. The highest BCUT2D eigenvalue weighted by molar-refractivity contribution is 5.83. The number of rotatable bonds is 8. The fraction of sp³-hybridized carbons (Fsp3) is 0.565. The van der Waals surface area contributed by atoms with Gasteiger partial charge in [0.25, 0.3) is 0 Å². The van der Waals surface area contributed by atoms with Gasteiger partial charge in [0.1, 0.15) is 17.7 Å². The summed E-state index contributed by atoms with van der Waals surface area (Å²) in [5.41, 5.74) is 0.215. The van der Waals surface area contributed by atoms with Crippen LogP contribution >= 0.6 is 0 Å². The minimum absolute atomic E-state index is 0.0463. The average Bonchev–Trinajstić information content (AvgIpc) is 2.71. The monoisotopic (exact) mass is 448 g/mol. The van der Waals surface area contributed by atoms with E-state index in [1.165, 1.54) is 4.90 Å². The predicted octanol–water partition coefficient (Wildman–Crippen LogP) is 2.52. The Morgan fingerprint density at radius 3 is 2.22 bits per heavy atom. The van der Waals surface area contributed by atoms with Gasteiger partial charge in [0.2, 0.25) is 0 Å². The Morgan fingerprint density at radius 2 is 1.66 bits per heavy atom. The molecular weight excluding hydrogens is 416 g/mol. The molecule has 9 nitrogen and oxygen atoms in total. The van der Waals surface area contributed by atoms with Crippen molar-refractivity contribution in [2.24, 2.45) is 0 Å². The molecule has 0 aromatic heterocycles. The van der Waals surface area contributed by atoms with Crippen LogP contribution in [0.15, 0.2) is 30.3 Å². The number of carbonyl (C=O) groups is 4. The number of nitrogens with zero attached hydrogens (tertiary/aromatic N) is 1. The molecule has 1 saturated heterocycles. The topological polar surface area (TPSA) is 122 Å². The third kappa shape index (κ3) is 8.95. The third-order valence-corrected chi connectivity index (χ3v) is 4.86. The highest BCUT2D eigenvalue weighted by Gasteiger charge is 2.28. The fourth-order valence-corrected chi connectivity index (χ4v) is 3.31. The minimum Gasteiger partial charge on any atom is -0.480 e.